The second kappa shape index (κ2) is 5.35. The van der Waals surface area contributed by atoms with Crippen LogP contribution in [0, 0.1) is 3.57 Å². The predicted octanol–water partition coefficient (Wildman–Crippen LogP) is 3.37. The molecule has 0 radical (unpaired) electrons. The fourth-order valence-corrected chi connectivity index (χ4v) is 2.27. The van der Waals surface area contributed by atoms with Gasteiger partial charge in [0.2, 0.25) is 5.88 Å². The van der Waals surface area contributed by atoms with Gasteiger partial charge in [0.15, 0.2) is 0 Å². The Morgan fingerprint density at radius 1 is 1.06 bits per heavy atom. The lowest BCUT2D eigenvalue weighted by Gasteiger charge is -2.07. The monoisotopic (exact) mass is 341 g/mol. The Morgan fingerprint density at radius 3 is 2.53 bits per heavy atom. The van der Waals surface area contributed by atoms with Gasteiger partial charge in [0.25, 0.3) is 0 Å². The van der Waals surface area contributed by atoms with E-state index in [-0.39, 0.29) is 0 Å². The number of aromatic nitrogens is 1. The molecule has 1 aromatic heterocycles. The van der Waals surface area contributed by atoms with E-state index in [2.05, 4.69) is 27.6 Å². The Kier molecular flexibility index (Phi) is 3.83. The second-order valence-electron chi connectivity index (χ2n) is 3.41. The zero-order valence-corrected chi connectivity index (χ0v) is 11.8. The van der Waals surface area contributed by atoms with E-state index in [0.717, 1.165) is 20.6 Å². The molecular weight excluding hydrogens is 329 g/mol. The van der Waals surface area contributed by atoms with Crippen molar-refractivity contribution in [3.05, 3.63) is 40.0 Å². The number of halogens is 1. The lowest BCUT2D eigenvalue weighted by Crippen LogP contribution is -1.92. The van der Waals surface area contributed by atoms with E-state index in [4.69, 9.17) is 9.47 Å². The maximum atomic E-state index is 5.18. The minimum absolute atomic E-state index is 0.620. The summed E-state index contributed by atoms with van der Waals surface area (Å²) in [6.07, 6.45) is 0. The van der Waals surface area contributed by atoms with Crippen molar-refractivity contribution < 1.29 is 9.47 Å². The second-order valence-corrected chi connectivity index (χ2v) is 4.57. The summed E-state index contributed by atoms with van der Waals surface area (Å²) in [5.41, 5.74) is 1.97. The third kappa shape index (κ3) is 2.69. The molecular formula is C13H12INO2. The highest BCUT2D eigenvalue weighted by atomic mass is 127. The quantitative estimate of drug-likeness (QED) is 0.803. The molecule has 2 rings (SSSR count). The Labute approximate surface area is 114 Å². The van der Waals surface area contributed by atoms with Gasteiger partial charge in [-0.05, 0) is 46.9 Å². The molecule has 4 heteroatoms. The molecule has 0 amide bonds. The van der Waals surface area contributed by atoms with E-state index >= 15 is 0 Å². The summed E-state index contributed by atoms with van der Waals surface area (Å²) in [5.74, 6) is 1.47. The number of rotatable bonds is 3. The van der Waals surface area contributed by atoms with Crippen molar-refractivity contribution in [3.63, 3.8) is 0 Å². The van der Waals surface area contributed by atoms with E-state index in [1.807, 2.05) is 36.4 Å². The molecule has 2 aromatic rings. The smallest absolute Gasteiger partial charge is 0.213 e. The number of pyridine rings is 1. The van der Waals surface area contributed by atoms with Crippen LogP contribution < -0.4 is 9.47 Å². The molecule has 1 aromatic carbocycles. The largest absolute Gasteiger partial charge is 0.497 e. The number of hydrogen-bond acceptors (Lipinski definition) is 3. The van der Waals surface area contributed by atoms with Crippen LogP contribution in [0.3, 0.4) is 0 Å². The van der Waals surface area contributed by atoms with E-state index in [0.29, 0.717) is 5.88 Å². The molecule has 0 bridgehead atoms. The molecule has 0 saturated heterocycles. The van der Waals surface area contributed by atoms with Crippen LogP contribution in [-0.2, 0) is 0 Å². The standard InChI is InChI=1S/C13H12INO2/c1-16-9-6-7-10(11(14)8-9)12-4-3-5-13(15-12)17-2/h3-8H,1-2H3. The van der Waals surface area contributed by atoms with Gasteiger partial charge in [-0.25, -0.2) is 4.98 Å². The van der Waals surface area contributed by atoms with Crippen LogP contribution in [0.25, 0.3) is 11.3 Å². The Morgan fingerprint density at radius 2 is 1.88 bits per heavy atom. The first-order valence-electron chi connectivity index (χ1n) is 5.09. The van der Waals surface area contributed by atoms with Crippen LogP contribution in [0.2, 0.25) is 0 Å². The van der Waals surface area contributed by atoms with Gasteiger partial charge in [-0.3, -0.25) is 0 Å². The topological polar surface area (TPSA) is 31.4 Å². The average Bonchev–Trinajstić information content (AvgIpc) is 2.38. The maximum Gasteiger partial charge on any atom is 0.213 e. The SMILES string of the molecule is COc1ccc(-c2cccc(OC)n2)c(I)c1. The van der Waals surface area contributed by atoms with Crippen LogP contribution in [0.4, 0.5) is 0 Å². The zero-order chi connectivity index (χ0) is 12.3. The molecule has 1 heterocycles. The van der Waals surface area contributed by atoms with Crippen molar-refractivity contribution >= 4 is 22.6 Å². The summed E-state index contributed by atoms with van der Waals surface area (Å²) < 4.78 is 11.4. The summed E-state index contributed by atoms with van der Waals surface area (Å²) in [6, 6.07) is 11.6. The van der Waals surface area contributed by atoms with Crippen molar-refractivity contribution in [2.75, 3.05) is 14.2 Å². The van der Waals surface area contributed by atoms with Gasteiger partial charge in [0, 0.05) is 15.2 Å². The summed E-state index contributed by atoms with van der Waals surface area (Å²) in [7, 11) is 3.28. The minimum Gasteiger partial charge on any atom is -0.497 e. The fourth-order valence-electron chi connectivity index (χ4n) is 1.51. The van der Waals surface area contributed by atoms with Crippen LogP contribution in [0.1, 0.15) is 0 Å². The molecule has 0 aliphatic rings. The Bertz CT molecular complexity index is 529. The summed E-state index contributed by atoms with van der Waals surface area (Å²) in [6.45, 7) is 0. The summed E-state index contributed by atoms with van der Waals surface area (Å²) >= 11 is 2.28. The fraction of sp³-hybridized carbons (Fsp3) is 0.154. The average molecular weight is 341 g/mol. The summed E-state index contributed by atoms with van der Waals surface area (Å²) in [5, 5.41) is 0. The van der Waals surface area contributed by atoms with Gasteiger partial charge in [-0.15, -0.1) is 0 Å². The number of hydrogen-bond donors (Lipinski definition) is 0. The molecule has 0 saturated carbocycles. The maximum absolute atomic E-state index is 5.18. The van der Waals surface area contributed by atoms with E-state index in [9.17, 15) is 0 Å². The first-order valence-corrected chi connectivity index (χ1v) is 6.17. The molecule has 0 aliphatic carbocycles. The van der Waals surface area contributed by atoms with Crippen LogP contribution in [-0.4, -0.2) is 19.2 Å². The number of ether oxygens (including phenoxy) is 2. The molecule has 0 atom stereocenters. The third-order valence-electron chi connectivity index (χ3n) is 2.38. The van der Waals surface area contributed by atoms with Gasteiger partial charge in [-0.2, -0.15) is 0 Å². The number of nitrogens with zero attached hydrogens (tertiary/aromatic N) is 1. The molecule has 3 nitrogen and oxygen atoms in total. The van der Waals surface area contributed by atoms with Crippen molar-refractivity contribution in [2.45, 2.75) is 0 Å². The first-order chi connectivity index (χ1) is 8.24. The normalized spacial score (nSPS) is 10.1. The number of benzene rings is 1. The molecule has 0 N–H and O–H groups in total. The Balaban J connectivity index is 2.45. The molecule has 17 heavy (non-hydrogen) atoms. The highest BCUT2D eigenvalue weighted by Crippen LogP contribution is 2.28. The van der Waals surface area contributed by atoms with Crippen LogP contribution >= 0.6 is 22.6 Å². The molecule has 0 unspecified atom stereocenters. The predicted molar refractivity (Wildman–Crippen MR) is 75.5 cm³/mol. The van der Waals surface area contributed by atoms with Crippen LogP contribution in [0.15, 0.2) is 36.4 Å². The van der Waals surface area contributed by atoms with Gasteiger partial charge < -0.3 is 9.47 Å². The third-order valence-corrected chi connectivity index (χ3v) is 3.28. The number of methoxy groups -OCH3 is 2. The summed E-state index contributed by atoms with van der Waals surface area (Å²) in [4.78, 5) is 4.41. The zero-order valence-electron chi connectivity index (χ0n) is 9.61. The highest BCUT2D eigenvalue weighted by Gasteiger charge is 2.06. The first kappa shape index (κ1) is 12.2. The molecule has 0 aliphatic heterocycles. The minimum atomic E-state index is 0.620. The van der Waals surface area contributed by atoms with E-state index in [1.54, 1.807) is 14.2 Å². The van der Waals surface area contributed by atoms with Gasteiger partial charge in [-0.1, -0.05) is 6.07 Å². The van der Waals surface area contributed by atoms with Crippen molar-refractivity contribution in [1.29, 1.82) is 0 Å². The lowest BCUT2D eigenvalue weighted by atomic mass is 10.1. The molecule has 0 fully saturated rings. The van der Waals surface area contributed by atoms with E-state index in [1.165, 1.54) is 0 Å². The molecule has 88 valence electrons. The molecule has 0 spiro atoms. The highest BCUT2D eigenvalue weighted by molar-refractivity contribution is 14.1. The lowest BCUT2D eigenvalue weighted by molar-refractivity contribution is 0.398. The van der Waals surface area contributed by atoms with Crippen molar-refractivity contribution in [1.82, 2.24) is 4.98 Å². The van der Waals surface area contributed by atoms with E-state index < -0.39 is 0 Å². The Hall–Kier alpha value is -1.30. The van der Waals surface area contributed by atoms with Crippen LogP contribution in [0.5, 0.6) is 11.6 Å². The van der Waals surface area contributed by atoms with Crippen molar-refractivity contribution in [2.24, 2.45) is 0 Å². The van der Waals surface area contributed by atoms with Gasteiger partial charge in [0.05, 0.1) is 19.9 Å². The van der Waals surface area contributed by atoms with Gasteiger partial charge in [0.1, 0.15) is 5.75 Å². The van der Waals surface area contributed by atoms with Crippen molar-refractivity contribution in [3.8, 4) is 22.9 Å². The van der Waals surface area contributed by atoms with Gasteiger partial charge >= 0.3 is 0 Å².